The summed E-state index contributed by atoms with van der Waals surface area (Å²) in [7, 11) is 0. The summed E-state index contributed by atoms with van der Waals surface area (Å²) >= 11 is 0. The molecular formula is C22H25N3O. The molecule has 0 fully saturated rings. The van der Waals surface area contributed by atoms with Crippen LogP contribution < -0.4 is 0 Å². The first kappa shape index (κ1) is 18.1. The number of hydrogen-bond acceptors (Lipinski definition) is 3. The summed E-state index contributed by atoms with van der Waals surface area (Å²) in [5, 5.41) is 4.25. The molecule has 0 radical (unpaired) electrons. The molecule has 4 heteroatoms. The summed E-state index contributed by atoms with van der Waals surface area (Å²) in [6.07, 6.45) is 9.76. The van der Waals surface area contributed by atoms with Crippen molar-refractivity contribution < 1.29 is 4.79 Å². The summed E-state index contributed by atoms with van der Waals surface area (Å²) in [6.45, 7) is 4.54. The van der Waals surface area contributed by atoms with Crippen molar-refractivity contribution in [3.63, 3.8) is 0 Å². The van der Waals surface area contributed by atoms with E-state index in [0.717, 1.165) is 32.2 Å². The lowest BCUT2D eigenvalue weighted by Gasteiger charge is -2.11. The van der Waals surface area contributed by atoms with Crippen LogP contribution in [-0.2, 0) is 19.4 Å². The normalized spacial score (nSPS) is 10.8. The number of aromatic nitrogens is 3. The van der Waals surface area contributed by atoms with Crippen molar-refractivity contribution in [2.45, 2.75) is 46.1 Å². The zero-order valence-electron chi connectivity index (χ0n) is 15.5. The third-order valence-electron chi connectivity index (χ3n) is 4.56. The predicted molar refractivity (Wildman–Crippen MR) is 103 cm³/mol. The van der Waals surface area contributed by atoms with Gasteiger partial charge in [-0.3, -0.25) is 14.5 Å². The van der Waals surface area contributed by atoms with Crippen LogP contribution in [0.5, 0.6) is 0 Å². The molecule has 0 aliphatic heterocycles. The number of rotatable bonds is 8. The monoisotopic (exact) mass is 347 g/mol. The molecule has 1 aromatic carbocycles. The fourth-order valence-corrected chi connectivity index (χ4v) is 3.04. The largest absolute Gasteiger partial charge is 0.293 e. The van der Waals surface area contributed by atoms with Gasteiger partial charge in [0.15, 0.2) is 5.78 Å². The highest BCUT2D eigenvalue weighted by atomic mass is 16.1. The van der Waals surface area contributed by atoms with Gasteiger partial charge in [0.25, 0.3) is 0 Å². The van der Waals surface area contributed by atoms with Crippen molar-refractivity contribution in [1.29, 1.82) is 0 Å². The Morgan fingerprint density at radius 2 is 1.88 bits per heavy atom. The van der Waals surface area contributed by atoms with Gasteiger partial charge in [0.1, 0.15) is 5.69 Å². The lowest BCUT2D eigenvalue weighted by Crippen LogP contribution is -2.04. The molecule has 2 heterocycles. The van der Waals surface area contributed by atoms with Gasteiger partial charge in [-0.15, -0.1) is 0 Å². The van der Waals surface area contributed by atoms with E-state index in [4.69, 9.17) is 0 Å². The van der Waals surface area contributed by atoms with E-state index in [9.17, 15) is 4.79 Å². The van der Waals surface area contributed by atoms with Crippen molar-refractivity contribution in [2.75, 3.05) is 0 Å². The van der Waals surface area contributed by atoms with Crippen LogP contribution in [0.1, 0.15) is 59.4 Å². The predicted octanol–water partition coefficient (Wildman–Crippen LogP) is 4.46. The van der Waals surface area contributed by atoms with Crippen LogP contribution in [-0.4, -0.2) is 20.5 Å². The number of nitrogens with zero attached hydrogens (tertiary/aromatic N) is 3. The smallest absolute Gasteiger partial charge is 0.178 e. The summed E-state index contributed by atoms with van der Waals surface area (Å²) in [6, 6.07) is 12.5. The number of ketones is 1. The van der Waals surface area contributed by atoms with Crippen LogP contribution in [0.4, 0.5) is 0 Å². The van der Waals surface area contributed by atoms with Crippen LogP contribution in [0.2, 0.25) is 0 Å². The van der Waals surface area contributed by atoms with Gasteiger partial charge in [-0.05, 0) is 53.6 Å². The molecule has 0 N–H and O–H groups in total. The fourth-order valence-electron chi connectivity index (χ4n) is 3.04. The molecule has 0 aliphatic carbocycles. The van der Waals surface area contributed by atoms with E-state index in [0.29, 0.717) is 5.69 Å². The molecule has 0 unspecified atom stereocenters. The number of carbonyl (C=O) groups excluding carboxylic acids is 1. The van der Waals surface area contributed by atoms with Gasteiger partial charge in [-0.1, -0.05) is 37.6 Å². The average molecular weight is 347 g/mol. The highest BCUT2D eigenvalue weighted by molar-refractivity contribution is 5.92. The minimum absolute atomic E-state index is 0.0165. The molecule has 0 spiro atoms. The van der Waals surface area contributed by atoms with Crippen molar-refractivity contribution in [1.82, 2.24) is 14.8 Å². The van der Waals surface area contributed by atoms with Crippen molar-refractivity contribution in [3.8, 4) is 0 Å². The number of aryl methyl sites for hydroxylation is 1. The van der Waals surface area contributed by atoms with Crippen LogP contribution in [0, 0.1) is 0 Å². The molecule has 0 amide bonds. The van der Waals surface area contributed by atoms with Crippen LogP contribution in [0.15, 0.2) is 55.0 Å². The number of hydrogen-bond donors (Lipinski definition) is 0. The Hall–Kier alpha value is -2.75. The van der Waals surface area contributed by atoms with E-state index in [-0.39, 0.29) is 5.78 Å². The summed E-state index contributed by atoms with van der Waals surface area (Å²) in [5.41, 5.74) is 5.47. The summed E-state index contributed by atoms with van der Waals surface area (Å²) in [4.78, 5) is 16.0. The molecule has 3 rings (SSSR count). The summed E-state index contributed by atoms with van der Waals surface area (Å²) in [5.74, 6) is 0.0165. The highest BCUT2D eigenvalue weighted by Crippen LogP contribution is 2.18. The Morgan fingerprint density at radius 1 is 1.12 bits per heavy atom. The first-order chi connectivity index (χ1) is 12.7. The Bertz CT molecular complexity index is 852. The zero-order chi connectivity index (χ0) is 18.4. The van der Waals surface area contributed by atoms with Crippen LogP contribution in [0.3, 0.4) is 0 Å². The van der Waals surface area contributed by atoms with Gasteiger partial charge in [0, 0.05) is 25.5 Å². The summed E-state index contributed by atoms with van der Waals surface area (Å²) < 4.78 is 1.92. The van der Waals surface area contributed by atoms with Crippen molar-refractivity contribution in [2.24, 2.45) is 0 Å². The third-order valence-corrected chi connectivity index (χ3v) is 4.56. The SMILES string of the molecule is CCCCc1cnc(C(C)=O)cc1Cc1ccc(Cn2cccn2)cc1. The molecule has 0 bridgehead atoms. The molecule has 4 nitrogen and oxygen atoms in total. The second-order valence-corrected chi connectivity index (χ2v) is 6.69. The van der Waals surface area contributed by atoms with Gasteiger partial charge < -0.3 is 0 Å². The molecule has 0 saturated carbocycles. The maximum atomic E-state index is 11.7. The second-order valence-electron chi connectivity index (χ2n) is 6.69. The van der Waals surface area contributed by atoms with Gasteiger partial charge in [-0.25, -0.2) is 0 Å². The molecule has 26 heavy (non-hydrogen) atoms. The minimum Gasteiger partial charge on any atom is -0.293 e. The Morgan fingerprint density at radius 3 is 2.54 bits per heavy atom. The van der Waals surface area contributed by atoms with E-state index in [1.807, 2.05) is 29.2 Å². The zero-order valence-corrected chi connectivity index (χ0v) is 15.5. The van der Waals surface area contributed by atoms with E-state index < -0.39 is 0 Å². The lowest BCUT2D eigenvalue weighted by molar-refractivity contribution is 0.101. The first-order valence-electron chi connectivity index (χ1n) is 9.19. The molecule has 2 aromatic heterocycles. The second kappa shape index (κ2) is 8.56. The standard InChI is InChI=1S/C22H25N3O/c1-3-4-6-20-15-23-22(17(2)26)14-21(20)13-18-7-9-19(10-8-18)16-25-12-5-11-24-25/h5,7-12,14-15H,3-4,6,13,16H2,1-2H3. The highest BCUT2D eigenvalue weighted by Gasteiger charge is 2.09. The van der Waals surface area contributed by atoms with E-state index in [2.05, 4.69) is 41.3 Å². The molecule has 0 saturated heterocycles. The molecule has 0 atom stereocenters. The maximum absolute atomic E-state index is 11.7. The number of carbonyl (C=O) groups is 1. The number of Topliss-reactive ketones (excluding diaryl/α,β-unsaturated/α-hetero) is 1. The molecule has 0 aliphatic rings. The van der Waals surface area contributed by atoms with Crippen molar-refractivity contribution in [3.05, 3.63) is 82.9 Å². The van der Waals surface area contributed by atoms with E-state index in [1.165, 1.54) is 22.3 Å². The van der Waals surface area contributed by atoms with Gasteiger partial charge in [0.2, 0.25) is 0 Å². The lowest BCUT2D eigenvalue weighted by atomic mass is 9.96. The topological polar surface area (TPSA) is 47.8 Å². The number of unbranched alkanes of at least 4 members (excludes halogenated alkanes) is 1. The fraction of sp³-hybridized carbons (Fsp3) is 0.318. The molecular weight excluding hydrogens is 322 g/mol. The van der Waals surface area contributed by atoms with E-state index >= 15 is 0 Å². The van der Waals surface area contributed by atoms with Gasteiger partial charge >= 0.3 is 0 Å². The number of benzene rings is 1. The Balaban J connectivity index is 1.78. The number of pyridine rings is 1. The third kappa shape index (κ3) is 4.66. The maximum Gasteiger partial charge on any atom is 0.178 e. The minimum atomic E-state index is 0.0165. The van der Waals surface area contributed by atoms with Gasteiger partial charge in [-0.2, -0.15) is 5.10 Å². The first-order valence-corrected chi connectivity index (χ1v) is 9.19. The molecule has 134 valence electrons. The van der Waals surface area contributed by atoms with Gasteiger partial charge in [0.05, 0.1) is 6.54 Å². The Labute approximate surface area is 154 Å². The molecule has 3 aromatic rings. The average Bonchev–Trinajstić information content (AvgIpc) is 3.15. The quantitative estimate of drug-likeness (QED) is 0.565. The van der Waals surface area contributed by atoms with Crippen molar-refractivity contribution >= 4 is 5.78 Å². The Kier molecular flexibility index (Phi) is 5.95. The van der Waals surface area contributed by atoms with E-state index in [1.54, 1.807) is 13.1 Å². The van der Waals surface area contributed by atoms with Crippen LogP contribution in [0.25, 0.3) is 0 Å². The van der Waals surface area contributed by atoms with Crippen LogP contribution >= 0.6 is 0 Å².